The van der Waals surface area contributed by atoms with Gasteiger partial charge in [-0.25, -0.2) is 4.79 Å². The molecule has 0 bridgehead atoms. The van der Waals surface area contributed by atoms with Gasteiger partial charge in [-0.05, 0) is 11.1 Å². The summed E-state index contributed by atoms with van der Waals surface area (Å²) in [6.07, 6.45) is 0.598. The minimum atomic E-state index is -0.770. The van der Waals surface area contributed by atoms with Crippen molar-refractivity contribution >= 4 is 11.9 Å². The monoisotopic (exact) mass is 188 g/mol. The summed E-state index contributed by atoms with van der Waals surface area (Å²) in [4.78, 5) is 22.6. The lowest BCUT2D eigenvalue weighted by Crippen LogP contribution is -2.52. The summed E-state index contributed by atoms with van der Waals surface area (Å²) in [6.45, 7) is 0. The first kappa shape index (κ1) is 7.55. The fourth-order valence-corrected chi connectivity index (χ4v) is 2.17. The largest absolute Gasteiger partial charge is 0.322 e. The van der Waals surface area contributed by atoms with Gasteiger partial charge >= 0.3 is 6.03 Å². The van der Waals surface area contributed by atoms with Gasteiger partial charge in [-0.1, -0.05) is 24.3 Å². The van der Waals surface area contributed by atoms with Crippen molar-refractivity contribution in [3.63, 3.8) is 0 Å². The van der Waals surface area contributed by atoms with E-state index in [-0.39, 0.29) is 5.91 Å². The van der Waals surface area contributed by atoms with Gasteiger partial charge in [0.05, 0.1) is 0 Å². The average Bonchev–Trinajstić information content (AvgIpc) is 2.42. The maximum Gasteiger partial charge on any atom is 0.322 e. The topological polar surface area (TPSA) is 58.2 Å². The van der Waals surface area contributed by atoms with E-state index in [0.717, 1.165) is 11.1 Å². The maximum absolute atomic E-state index is 11.6. The normalized spacial score (nSPS) is 28.0. The number of carbonyl (C=O) groups excluding carboxylic acids is 2. The molecule has 1 aliphatic heterocycles. The van der Waals surface area contributed by atoms with Gasteiger partial charge < -0.3 is 5.32 Å². The highest BCUT2D eigenvalue weighted by atomic mass is 16.2. The molecule has 1 spiro atoms. The van der Waals surface area contributed by atoms with E-state index in [1.165, 1.54) is 0 Å². The van der Waals surface area contributed by atoms with Gasteiger partial charge in [0.2, 0.25) is 0 Å². The van der Waals surface area contributed by atoms with Crippen molar-refractivity contribution in [2.24, 2.45) is 0 Å². The molecule has 0 aromatic heterocycles. The van der Waals surface area contributed by atoms with E-state index in [4.69, 9.17) is 0 Å². The smallest absolute Gasteiger partial charge is 0.319 e. The van der Waals surface area contributed by atoms with Gasteiger partial charge in [-0.2, -0.15) is 0 Å². The second kappa shape index (κ2) is 2.15. The van der Waals surface area contributed by atoms with Crippen LogP contribution in [-0.2, 0) is 16.8 Å². The second-order valence-electron chi connectivity index (χ2n) is 3.65. The highest BCUT2D eigenvalue weighted by Crippen LogP contribution is 2.40. The number of nitrogens with one attached hydrogen (secondary N) is 2. The Morgan fingerprint density at radius 2 is 2.00 bits per heavy atom. The Balaban J connectivity index is 2.12. The van der Waals surface area contributed by atoms with Crippen molar-refractivity contribution in [2.45, 2.75) is 12.0 Å². The minimum absolute atomic E-state index is 0.235. The first-order chi connectivity index (χ1) is 6.72. The van der Waals surface area contributed by atoms with E-state index in [1.807, 2.05) is 24.3 Å². The number of urea groups is 1. The lowest BCUT2D eigenvalue weighted by atomic mass is 9.71. The summed E-state index contributed by atoms with van der Waals surface area (Å²) in [6, 6.07) is 7.25. The third-order valence-electron chi connectivity index (χ3n) is 2.87. The van der Waals surface area contributed by atoms with Gasteiger partial charge in [0.1, 0.15) is 0 Å². The van der Waals surface area contributed by atoms with E-state index in [9.17, 15) is 9.59 Å². The molecule has 1 atom stereocenters. The minimum Gasteiger partial charge on any atom is -0.319 e. The van der Waals surface area contributed by atoms with Crippen LogP contribution >= 0.6 is 0 Å². The van der Waals surface area contributed by atoms with Crippen LogP contribution in [0.25, 0.3) is 0 Å². The summed E-state index contributed by atoms with van der Waals surface area (Å²) >= 11 is 0. The maximum atomic E-state index is 11.6. The molecule has 1 fully saturated rings. The van der Waals surface area contributed by atoms with E-state index in [0.29, 0.717) is 6.42 Å². The molecule has 4 heteroatoms. The SMILES string of the molecule is O=C1NC(=O)C2(Cc3ccccc32)N1. The third-order valence-corrected chi connectivity index (χ3v) is 2.87. The molecule has 14 heavy (non-hydrogen) atoms. The molecular formula is C10H8N2O2. The molecule has 2 N–H and O–H groups in total. The van der Waals surface area contributed by atoms with Crippen LogP contribution in [0, 0.1) is 0 Å². The molecule has 1 aromatic rings. The van der Waals surface area contributed by atoms with Crippen molar-refractivity contribution < 1.29 is 9.59 Å². The number of benzene rings is 1. The molecule has 3 rings (SSSR count). The third kappa shape index (κ3) is 0.690. The molecule has 70 valence electrons. The van der Waals surface area contributed by atoms with Crippen LogP contribution in [-0.4, -0.2) is 11.9 Å². The number of imide groups is 1. The predicted octanol–water partition coefficient (Wildman–Crippen LogP) is 0.277. The predicted molar refractivity (Wildman–Crippen MR) is 48.5 cm³/mol. The van der Waals surface area contributed by atoms with Crippen LogP contribution in [0.3, 0.4) is 0 Å². The van der Waals surface area contributed by atoms with Crippen LogP contribution in [0.5, 0.6) is 0 Å². The molecule has 0 radical (unpaired) electrons. The number of rotatable bonds is 0. The van der Waals surface area contributed by atoms with Crippen molar-refractivity contribution in [1.29, 1.82) is 0 Å². The Labute approximate surface area is 80.3 Å². The zero-order valence-corrected chi connectivity index (χ0v) is 7.33. The summed E-state index contributed by atoms with van der Waals surface area (Å²) in [5.41, 5.74) is 1.28. The molecule has 3 amide bonds. The van der Waals surface area contributed by atoms with Gasteiger partial charge in [0.25, 0.3) is 5.91 Å². The standard InChI is InChI=1S/C10H8N2O2/c13-8-10(12-9(14)11-8)5-6-3-1-2-4-7(6)10/h1-4H,5H2,(H2,11,12,13,14). The molecule has 1 unspecified atom stereocenters. The first-order valence-corrected chi connectivity index (χ1v) is 4.44. The molecular weight excluding hydrogens is 180 g/mol. The summed E-state index contributed by atoms with van der Waals surface area (Å²) in [7, 11) is 0. The molecule has 1 aliphatic carbocycles. The average molecular weight is 188 g/mol. The lowest BCUT2D eigenvalue weighted by molar-refractivity contribution is -0.125. The van der Waals surface area contributed by atoms with E-state index in [2.05, 4.69) is 10.6 Å². The van der Waals surface area contributed by atoms with Gasteiger partial charge in [-0.3, -0.25) is 10.1 Å². The van der Waals surface area contributed by atoms with Crippen LogP contribution < -0.4 is 10.6 Å². The van der Waals surface area contributed by atoms with Gasteiger partial charge in [0.15, 0.2) is 5.54 Å². The fraction of sp³-hybridized carbons (Fsp3) is 0.200. The fourth-order valence-electron chi connectivity index (χ4n) is 2.17. The quantitative estimate of drug-likeness (QED) is 0.574. The Kier molecular flexibility index (Phi) is 1.16. The van der Waals surface area contributed by atoms with E-state index < -0.39 is 11.6 Å². The van der Waals surface area contributed by atoms with Gasteiger partial charge in [0, 0.05) is 6.42 Å². The highest BCUT2D eigenvalue weighted by Gasteiger charge is 2.54. The Morgan fingerprint density at radius 1 is 1.21 bits per heavy atom. The number of carbonyl (C=O) groups is 2. The Hall–Kier alpha value is -1.84. The van der Waals surface area contributed by atoms with Crippen LogP contribution in [0.2, 0.25) is 0 Å². The number of hydrogen-bond donors (Lipinski definition) is 2. The van der Waals surface area contributed by atoms with E-state index in [1.54, 1.807) is 0 Å². The number of amides is 3. The van der Waals surface area contributed by atoms with Crippen LogP contribution in [0.1, 0.15) is 11.1 Å². The second-order valence-corrected chi connectivity index (χ2v) is 3.65. The molecule has 1 saturated heterocycles. The van der Waals surface area contributed by atoms with Crippen molar-refractivity contribution in [3.05, 3.63) is 35.4 Å². The van der Waals surface area contributed by atoms with Crippen molar-refractivity contribution in [3.8, 4) is 0 Å². The van der Waals surface area contributed by atoms with Gasteiger partial charge in [-0.15, -0.1) is 0 Å². The Morgan fingerprint density at radius 3 is 2.64 bits per heavy atom. The molecule has 1 aromatic carbocycles. The Bertz CT molecular complexity index is 455. The van der Waals surface area contributed by atoms with Crippen LogP contribution in [0.15, 0.2) is 24.3 Å². The summed E-state index contributed by atoms with van der Waals surface area (Å²) < 4.78 is 0. The molecule has 0 saturated carbocycles. The molecule has 1 heterocycles. The molecule has 2 aliphatic rings. The van der Waals surface area contributed by atoms with Crippen molar-refractivity contribution in [2.75, 3.05) is 0 Å². The molecule has 4 nitrogen and oxygen atoms in total. The first-order valence-electron chi connectivity index (χ1n) is 4.44. The summed E-state index contributed by atoms with van der Waals surface area (Å²) in [5.74, 6) is -0.235. The van der Waals surface area contributed by atoms with Crippen LogP contribution in [0.4, 0.5) is 4.79 Å². The summed E-state index contributed by atoms with van der Waals surface area (Å²) in [5, 5.41) is 4.93. The van der Waals surface area contributed by atoms with Crippen molar-refractivity contribution in [1.82, 2.24) is 10.6 Å². The zero-order chi connectivity index (χ0) is 9.76. The number of fused-ring (bicyclic) bond motifs is 2. The zero-order valence-electron chi connectivity index (χ0n) is 7.33. The van der Waals surface area contributed by atoms with E-state index >= 15 is 0 Å². The highest BCUT2D eigenvalue weighted by molar-refractivity contribution is 6.09. The number of hydrogen-bond acceptors (Lipinski definition) is 2. The lowest BCUT2D eigenvalue weighted by Gasteiger charge is -2.37.